The molecule has 0 bridgehead atoms. The summed E-state index contributed by atoms with van der Waals surface area (Å²) >= 11 is 0. The number of hydrogen-bond acceptors (Lipinski definition) is 10. The number of benzene rings is 4. The Kier molecular flexibility index (Phi) is 13.6. The standard InChI is InChI=1S/2C24H24N2O4/c2*27-23-21(30-15-16-9-3-1-4-10-16)20(24(28)29)25-22(26-23)19(18-13-7-8-14-18)17-11-5-2-6-12-17/h2*1-6,9-12,18-19H,7-8,13-15H2,(H,28,29)(H,25,26,27). The monoisotopic (exact) mass is 808 g/mol. The molecule has 0 saturated heterocycles. The summed E-state index contributed by atoms with van der Waals surface area (Å²) in [5.41, 5.74) is 3.13. The second-order valence-corrected chi connectivity index (χ2v) is 15.2. The number of nitrogens with zero attached hydrogens (tertiary/aromatic N) is 4. The summed E-state index contributed by atoms with van der Waals surface area (Å²) in [6.07, 6.45) is 8.62. The molecule has 6 aromatic rings. The second-order valence-electron chi connectivity index (χ2n) is 15.2. The van der Waals surface area contributed by atoms with E-state index in [1.54, 1.807) is 0 Å². The summed E-state index contributed by atoms with van der Waals surface area (Å²) in [5, 5.41) is 40.7. The van der Waals surface area contributed by atoms with Gasteiger partial charge in [0.15, 0.2) is 11.4 Å². The summed E-state index contributed by atoms with van der Waals surface area (Å²) in [7, 11) is 0. The van der Waals surface area contributed by atoms with Gasteiger partial charge in [-0.15, -0.1) is 0 Å². The average molecular weight is 809 g/mol. The zero-order valence-corrected chi connectivity index (χ0v) is 33.1. The summed E-state index contributed by atoms with van der Waals surface area (Å²) < 4.78 is 11.3. The lowest BCUT2D eigenvalue weighted by atomic mass is 9.84. The van der Waals surface area contributed by atoms with Crippen LogP contribution < -0.4 is 9.47 Å². The third-order valence-electron chi connectivity index (χ3n) is 11.2. The first-order chi connectivity index (χ1) is 29.3. The van der Waals surface area contributed by atoms with E-state index in [-0.39, 0.29) is 47.9 Å². The number of aromatic hydroxyl groups is 2. The Balaban J connectivity index is 0.000000181. The molecule has 2 heterocycles. The van der Waals surface area contributed by atoms with Crippen molar-refractivity contribution in [1.82, 2.24) is 19.9 Å². The van der Waals surface area contributed by atoms with E-state index in [1.165, 1.54) is 0 Å². The first-order valence-electron chi connectivity index (χ1n) is 20.4. The van der Waals surface area contributed by atoms with Crippen LogP contribution in [0.5, 0.6) is 23.3 Å². The highest BCUT2D eigenvalue weighted by Gasteiger charge is 2.34. The largest absolute Gasteiger partial charge is 0.491 e. The van der Waals surface area contributed by atoms with Gasteiger partial charge in [-0.1, -0.05) is 147 Å². The molecule has 2 aliphatic rings. The van der Waals surface area contributed by atoms with Gasteiger partial charge in [-0.25, -0.2) is 19.6 Å². The van der Waals surface area contributed by atoms with Crippen LogP contribution in [0, 0.1) is 11.8 Å². The van der Waals surface area contributed by atoms with Crippen molar-refractivity contribution in [3.05, 3.63) is 167 Å². The number of carboxylic acids is 2. The Labute approximate surface area is 348 Å². The molecule has 2 unspecified atom stereocenters. The number of aromatic carboxylic acids is 2. The molecule has 0 radical (unpaired) electrons. The van der Waals surface area contributed by atoms with Gasteiger partial charge in [0.05, 0.1) is 0 Å². The fourth-order valence-electron chi connectivity index (χ4n) is 8.37. The molecule has 0 aliphatic heterocycles. The predicted molar refractivity (Wildman–Crippen MR) is 223 cm³/mol. The van der Waals surface area contributed by atoms with Gasteiger partial charge in [-0.05, 0) is 59.8 Å². The normalized spacial score (nSPS) is 15.1. The zero-order chi connectivity index (χ0) is 41.8. The highest BCUT2D eigenvalue weighted by molar-refractivity contribution is 5.90. The lowest BCUT2D eigenvalue weighted by Gasteiger charge is -2.23. The molecule has 0 amide bonds. The van der Waals surface area contributed by atoms with E-state index < -0.39 is 23.7 Å². The van der Waals surface area contributed by atoms with Crippen molar-refractivity contribution in [2.45, 2.75) is 76.4 Å². The molecule has 60 heavy (non-hydrogen) atoms. The molecule has 2 fully saturated rings. The van der Waals surface area contributed by atoms with Crippen molar-refractivity contribution in [2.75, 3.05) is 0 Å². The molecule has 12 heteroatoms. The predicted octanol–water partition coefficient (Wildman–Crippen LogP) is 9.56. The van der Waals surface area contributed by atoms with Crippen LogP contribution in [-0.2, 0) is 13.2 Å². The molecule has 0 spiro atoms. The van der Waals surface area contributed by atoms with Crippen LogP contribution in [0.4, 0.5) is 0 Å². The van der Waals surface area contributed by atoms with E-state index in [9.17, 15) is 30.0 Å². The molecule has 2 atom stereocenters. The van der Waals surface area contributed by atoms with Gasteiger partial charge < -0.3 is 29.9 Å². The van der Waals surface area contributed by atoms with E-state index in [0.29, 0.717) is 23.5 Å². The third kappa shape index (κ3) is 10.1. The van der Waals surface area contributed by atoms with Crippen molar-refractivity contribution in [3.8, 4) is 23.3 Å². The van der Waals surface area contributed by atoms with Gasteiger partial charge in [0.25, 0.3) is 11.8 Å². The minimum Gasteiger partial charge on any atom is -0.491 e. The number of ether oxygens (including phenoxy) is 2. The smallest absolute Gasteiger partial charge is 0.358 e. The molecule has 4 aromatic carbocycles. The van der Waals surface area contributed by atoms with Gasteiger partial charge >= 0.3 is 11.9 Å². The summed E-state index contributed by atoms with van der Waals surface area (Å²) in [4.78, 5) is 41.2. The molecule has 8 rings (SSSR count). The van der Waals surface area contributed by atoms with Gasteiger partial charge in [0, 0.05) is 11.8 Å². The van der Waals surface area contributed by atoms with Crippen LogP contribution in [0.2, 0.25) is 0 Å². The minimum atomic E-state index is -1.25. The van der Waals surface area contributed by atoms with E-state index in [2.05, 4.69) is 19.9 Å². The topological polar surface area (TPSA) is 185 Å². The Hall–Kier alpha value is -6.82. The Morgan fingerprint density at radius 3 is 1.13 bits per heavy atom. The third-order valence-corrected chi connectivity index (χ3v) is 11.2. The molecule has 2 aliphatic carbocycles. The Morgan fingerprint density at radius 1 is 0.500 bits per heavy atom. The number of aromatic nitrogens is 4. The van der Waals surface area contributed by atoms with Crippen LogP contribution >= 0.6 is 0 Å². The second kappa shape index (κ2) is 19.8. The zero-order valence-electron chi connectivity index (χ0n) is 33.1. The summed E-state index contributed by atoms with van der Waals surface area (Å²) in [6, 6.07) is 38.4. The number of rotatable bonds is 14. The molecule has 4 N–H and O–H groups in total. The SMILES string of the molecule is O=C(O)c1nc(C(c2ccccc2)C2CCCC2)nc(O)c1OCc1ccccc1.O=C(O)c1nc(C(c2ccccc2)C2CCCC2)nc(O)c1OCc1ccccc1. The molecular weight excluding hydrogens is 761 g/mol. The minimum absolute atomic E-state index is 0.113. The molecule has 2 aromatic heterocycles. The molecule has 308 valence electrons. The molecule has 12 nitrogen and oxygen atoms in total. The van der Waals surface area contributed by atoms with E-state index in [1.807, 2.05) is 121 Å². The first kappa shape index (κ1) is 41.3. The van der Waals surface area contributed by atoms with Gasteiger partial charge in [0.2, 0.25) is 11.5 Å². The highest BCUT2D eigenvalue weighted by atomic mass is 16.5. The fraction of sp³-hybridized carbons (Fsp3) is 0.292. The van der Waals surface area contributed by atoms with Crippen LogP contribution in [0.3, 0.4) is 0 Å². The molecular formula is C48H48N4O8. The lowest BCUT2D eigenvalue weighted by Crippen LogP contribution is -2.18. The highest BCUT2D eigenvalue weighted by Crippen LogP contribution is 2.43. The van der Waals surface area contributed by atoms with Crippen LogP contribution in [0.1, 0.15) is 118 Å². The van der Waals surface area contributed by atoms with Crippen LogP contribution in [0.25, 0.3) is 0 Å². The lowest BCUT2D eigenvalue weighted by molar-refractivity contribution is 0.0671. The van der Waals surface area contributed by atoms with E-state index >= 15 is 0 Å². The van der Waals surface area contributed by atoms with Gasteiger partial charge in [0.1, 0.15) is 24.9 Å². The van der Waals surface area contributed by atoms with Crippen molar-refractivity contribution < 1.29 is 39.5 Å². The number of hydrogen-bond donors (Lipinski definition) is 4. The average Bonchev–Trinajstić information content (AvgIpc) is 4.01. The van der Waals surface area contributed by atoms with E-state index in [0.717, 1.165) is 73.6 Å². The Bertz CT molecular complexity index is 2170. The summed E-state index contributed by atoms with van der Waals surface area (Å²) in [5.74, 6) is -2.84. The fourth-order valence-corrected chi connectivity index (χ4v) is 8.37. The maximum atomic E-state index is 11.9. The molecule has 2 saturated carbocycles. The van der Waals surface area contributed by atoms with Crippen molar-refractivity contribution in [2.24, 2.45) is 11.8 Å². The van der Waals surface area contributed by atoms with E-state index in [4.69, 9.17) is 9.47 Å². The summed E-state index contributed by atoms with van der Waals surface area (Å²) in [6.45, 7) is 0.226. The maximum absolute atomic E-state index is 11.9. The maximum Gasteiger partial charge on any atom is 0.358 e. The quantitative estimate of drug-likeness (QED) is 0.0818. The van der Waals surface area contributed by atoms with Crippen molar-refractivity contribution in [3.63, 3.8) is 0 Å². The van der Waals surface area contributed by atoms with Crippen LogP contribution in [0.15, 0.2) is 121 Å². The van der Waals surface area contributed by atoms with Crippen LogP contribution in [-0.4, -0.2) is 52.3 Å². The number of carbonyl (C=O) groups is 2. The van der Waals surface area contributed by atoms with Gasteiger partial charge in [-0.2, -0.15) is 9.97 Å². The number of carboxylic acid groups (broad SMARTS) is 2. The van der Waals surface area contributed by atoms with Gasteiger partial charge in [-0.3, -0.25) is 0 Å². The first-order valence-corrected chi connectivity index (χ1v) is 20.4. The Morgan fingerprint density at radius 2 is 0.817 bits per heavy atom. The van der Waals surface area contributed by atoms with Crippen molar-refractivity contribution in [1.29, 1.82) is 0 Å². The van der Waals surface area contributed by atoms with Crippen molar-refractivity contribution >= 4 is 11.9 Å².